The third-order valence-corrected chi connectivity index (χ3v) is 5.34. The van der Waals surface area contributed by atoms with Gasteiger partial charge in [-0.25, -0.2) is 0 Å². The third-order valence-electron chi connectivity index (χ3n) is 4.41. The van der Waals surface area contributed by atoms with E-state index in [9.17, 15) is 5.11 Å². The Bertz CT molecular complexity index is 409. The molecule has 2 atom stereocenters. The van der Waals surface area contributed by atoms with Crippen molar-refractivity contribution in [2.24, 2.45) is 11.1 Å². The van der Waals surface area contributed by atoms with Crippen molar-refractivity contribution < 1.29 is 5.11 Å². The molecule has 0 amide bonds. The summed E-state index contributed by atoms with van der Waals surface area (Å²) in [6.45, 7) is 2.74. The van der Waals surface area contributed by atoms with Crippen LogP contribution in [0.1, 0.15) is 30.9 Å². The highest BCUT2D eigenvalue weighted by atomic mass is 32.2. The van der Waals surface area contributed by atoms with Crippen LogP contribution in [0.15, 0.2) is 24.3 Å². The molecular formula is C16H25NOS. The largest absolute Gasteiger partial charge is 0.392 e. The molecule has 1 aliphatic rings. The molecule has 1 aliphatic carbocycles. The van der Waals surface area contributed by atoms with Crippen molar-refractivity contribution in [3.05, 3.63) is 35.4 Å². The second kappa shape index (κ2) is 6.78. The molecule has 0 heterocycles. The summed E-state index contributed by atoms with van der Waals surface area (Å²) in [6.07, 6.45) is 3.57. The number of aliphatic hydroxyl groups excluding tert-OH is 1. The number of thioether (sulfide) groups is 1. The Morgan fingerprint density at radius 1 is 1.37 bits per heavy atom. The fraction of sp³-hybridized carbons (Fsp3) is 0.625. The fourth-order valence-corrected chi connectivity index (χ4v) is 3.74. The first-order valence-electron chi connectivity index (χ1n) is 7.24. The van der Waals surface area contributed by atoms with E-state index >= 15 is 0 Å². The Morgan fingerprint density at radius 3 is 2.79 bits per heavy atom. The first kappa shape index (κ1) is 14.9. The average Bonchev–Trinajstić information content (AvgIpc) is 2.46. The van der Waals surface area contributed by atoms with Gasteiger partial charge in [0.05, 0.1) is 6.10 Å². The molecule has 0 aromatic heterocycles. The number of hydrogen-bond acceptors (Lipinski definition) is 3. The molecule has 2 rings (SSSR count). The van der Waals surface area contributed by atoms with Crippen LogP contribution in [-0.2, 0) is 12.8 Å². The van der Waals surface area contributed by atoms with Crippen LogP contribution < -0.4 is 5.73 Å². The van der Waals surface area contributed by atoms with Gasteiger partial charge in [-0.15, -0.1) is 0 Å². The Labute approximate surface area is 120 Å². The van der Waals surface area contributed by atoms with E-state index in [1.165, 1.54) is 11.1 Å². The van der Waals surface area contributed by atoms with Crippen LogP contribution >= 0.6 is 11.8 Å². The van der Waals surface area contributed by atoms with Gasteiger partial charge in [0.25, 0.3) is 0 Å². The van der Waals surface area contributed by atoms with E-state index in [-0.39, 0.29) is 11.5 Å². The van der Waals surface area contributed by atoms with Gasteiger partial charge in [-0.1, -0.05) is 31.2 Å². The van der Waals surface area contributed by atoms with E-state index < -0.39 is 0 Å². The molecule has 0 radical (unpaired) electrons. The third kappa shape index (κ3) is 3.33. The lowest BCUT2D eigenvalue weighted by molar-refractivity contribution is 0.0177. The number of benzene rings is 1. The summed E-state index contributed by atoms with van der Waals surface area (Å²) < 4.78 is 0. The van der Waals surface area contributed by atoms with Crippen LogP contribution in [0.25, 0.3) is 0 Å². The molecule has 1 aromatic rings. The quantitative estimate of drug-likeness (QED) is 0.787. The average molecular weight is 279 g/mol. The zero-order valence-corrected chi connectivity index (χ0v) is 12.6. The van der Waals surface area contributed by atoms with Gasteiger partial charge in [-0.3, -0.25) is 0 Å². The Hall–Kier alpha value is -0.510. The maximum atomic E-state index is 10.6. The molecule has 3 N–H and O–H groups in total. The molecule has 106 valence electrons. The monoisotopic (exact) mass is 279 g/mol. The van der Waals surface area contributed by atoms with Gasteiger partial charge < -0.3 is 10.8 Å². The minimum absolute atomic E-state index is 0.108. The predicted octanol–water partition coefficient (Wildman–Crippen LogP) is 2.62. The summed E-state index contributed by atoms with van der Waals surface area (Å²) >= 11 is 1.89. The summed E-state index contributed by atoms with van der Waals surface area (Å²) in [5.74, 6) is 2.15. The van der Waals surface area contributed by atoms with Gasteiger partial charge >= 0.3 is 0 Å². The van der Waals surface area contributed by atoms with Crippen molar-refractivity contribution in [3.63, 3.8) is 0 Å². The fourth-order valence-electron chi connectivity index (χ4n) is 3.07. The van der Waals surface area contributed by atoms with E-state index in [2.05, 4.69) is 31.2 Å². The van der Waals surface area contributed by atoms with Crippen LogP contribution in [0.4, 0.5) is 0 Å². The molecule has 2 unspecified atom stereocenters. The minimum Gasteiger partial charge on any atom is -0.392 e. The van der Waals surface area contributed by atoms with Crippen molar-refractivity contribution in [1.82, 2.24) is 0 Å². The molecule has 2 nitrogen and oxygen atoms in total. The Kier molecular flexibility index (Phi) is 5.31. The van der Waals surface area contributed by atoms with Crippen molar-refractivity contribution in [2.75, 3.05) is 18.1 Å². The van der Waals surface area contributed by atoms with E-state index in [0.29, 0.717) is 6.54 Å². The zero-order valence-electron chi connectivity index (χ0n) is 11.8. The zero-order chi connectivity index (χ0) is 13.7. The van der Waals surface area contributed by atoms with Crippen molar-refractivity contribution in [2.45, 2.75) is 38.7 Å². The van der Waals surface area contributed by atoms with Crippen molar-refractivity contribution in [3.8, 4) is 0 Å². The number of aryl methyl sites for hydroxylation is 1. The number of aliphatic hydroxyl groups is 1. The van der Waals surface area contributed by atoms with Crippen LogP contribution in [0, 0.1) is 5.41 Å². The van der Waals surface area contributed by atoms with E-state index in [0.717, 1.165) is 37.2 Å². The number of nitrogens with two attached hydrogens (primary N) is 1. The minimum atomic E-state index is -0.273. The highest BCUT2D eigenvalue weighted by molar-refractivity contribution is 7.99. The molecule has 0 aliphatic heterocycles. The first-order valence-corrected chi connectivity index (χ1v) is 8.40. The molecule has 3 heteroatoms. The van der Waals surface area contributed by atoms with Gasteiger partial charge in [0.1, 0.15) is 0 Å². The lowest BCUT2D eigenvalue weighted by Gasteiger charge is -2.41. The number of fused-ring (bicyclic) bond motifs is 1. The van der Waals surface area contributed by atoms with Crippen LogP contribution in [0.5, 0.6) is 0 Å². The SMILES string of the molecule is CCSCCC(O)C1(CN)CCc2ccccc2C1. The molecule has 0 saturated heterocycles. The first-order chi connectivity index (χ1) is 9.22. The van der Waals surface area contributed by atoms with E-state index in [4.69, 9.17) is 5.73 Å². The highest BCUT2D eigenvalue weighted by Crippen LogP contribution is 2.39. The summed E-state index contributed by atoms with van der Waals surface area (Å²) in [7, 11) is 0. The van der Waals surface area contributed by atoms with Crippen LogP contribution in [0.2, 0.25) is 0 Å². The standard InChI is InChI=1S/C16H25NOS/c1-2-19-10-8-15(18)16(12-17)9-7-13-5-3-4-6-14(13)11-16/h3-6,15,18H,2,7-12,17H2,1H3. The molecular weight excluding hydrogens is 254 g/mol. The van der Waals surface area contributed by atoms with E-state index in [1.54, 1.807) is 0 Å². The van der Waals surface area contributed by atoms with E-state index in [1.807, 2.05) is 11.8 Å². The molecule has 0 fully saturated rings. The predicted molar refractivity (Wildman–Crippen MR) is 83.6 cm³/mol. The topological polar surface area (TPSA) is 46.2 Å². The molecule has 19 heavy (non-hydrogen) atoms. The normalized spacial score (nSPS) is 23.9. The molecule has 1 aromatic carbocycles. The van der Waals surface area contributed by atoms with Gasteiger partial charge in [-0.2, -0.15) is 11.8 Å². The molecule has 0 spiro atoms. The van der Waals surface area contributed by atoms with Gasteiger partial charge in [-0.05, 0) is 48.3 Å². The second-order valence-electron chi connectivity index (χ2n) is 5.51. The Balaban J connectivity index is 2.08. The maximum Gasteiger partial charge on any atom is 0.0619 e. The molecule has 0 saturated carbocycles. The number of hydrogen-bond donors (Lipinski definition) is 2. The van der Waals surface area contributed by atoms with Crippen LogP contribution in [-0.4, -0.2) is 29.3 Å². The number of rotatable bonds is 6. The molecule has 0 bridgehead atoms. The maximum absolute atomic E-state index is 10.6. The summed E-state index contributed by atoms with van der Waals surface area (Å²) in [4.78, 5) is 0. The second-order valence-corrected chi connectivity index (χ2v) is 6.91. The van der Waals surface area contributed by atoms with Gasteiger partial charge in [0.2, 0.25) is 0 Å². The summed E-state index contributed by atoms with van der Waals surface area (Å²) in [5, 5.41) is 10.6. The summed E-state index contributed by atoms with van der Waals surface area (Å²) in [5.41, 5.74) is 8.73. The lowest BCUT2D eigenvalue weighted by Crippen LogP contribution is -2.46. The van der Waals surface area contributed by atoms with Crippen molar-refractivity contribution in [1.29, 1.82) is 0 Å². The van der Waals surface area contributed by atoms with Gasteiger partial charge in [0.15, 0.2) is 0 Å². The smallest absolute Gasteiger partial charge is 0.0619 e. The van der Waals surface area contributed by atoms with Crippen molar-refractivity contribution >= 4 is 11.8 Å². The summed E-state index contributed by atoms with van der Waals surface area (Å²) in [6, 6.07) is 8.58. The highest BCUT2D eigenvalue weighted by Gasteiger charge is 2.39. The van der Waals surface area contributed by atoms with Gasteiger partial charge in [0, 0.05) is 12.0 Å². The van der Waals surface area contributed by atoms with Crippen LogP contribution in [0.3, 0.4) is 0 Å². The Morgan fingerprint density at radius 2 is 2.11 bits per heavy atom. The lowest BCUT2D eigenvalue weighted by atomic mass is 9.67.